The molecule has 0 N–H and O–H groups in total. The highest BCUT2D eigenvalue weighted by Crippen LogP contribution is 2.01. The number of ether oxygens (including phenoxy) is 1. The second-order valence-electron chi connectivity index (χ2n) is 4.25. The van der Waals surface area contributed by atoms with Crippen LogP contribution in [0.3, 0.4) is 0 Å². The monoisotopic (exact) mass is 290 g/mol. The highest BCUT2D eigenvalue weighted by atomic mass is 16.5. The first kappa shape index (κ1) is 16.5. The minimum absolute atomic E-state index is 0.0244. The number of nitrogens with zero attached hydrogens (tertiary/aromatic N) is 4. The molecule has 7 heteroatoms. The van der Waals surface area contributed by atoms with Gasteiger partial charge in [0.05, 0.1) is 23.3 Å². The summed E-state index contributed by atoms with van der Waals surface area (Å²) in [6.45, 7) is 8.24. The van der Waals surface area contributed by atoms with Gasteiger partial charge in [0.25, 0.3) is 5.56 Å². The number of carbonyl (C=O) groups is 1. The minimum Gasteiger partial charge on any atom is -0.410 e. The van der Waals surface area contributed by atoms with Crippen molar-refractivity contribution in [3.05, 3.63) is 40.7 Å². The van der Waals surface area contributed by atoms with Crippen LogP contribution < -0.4 is 5.56 Å². The van der Waals surface area contributed by atoms with Gasteiger partial charge in [-0.15, -0.1) is 0 Å². The smallest absolute Gasteiger partial charge is 0.309 e. The van der Waals surface area contributed by atoms with E-state index >= 15 is 0 Å². The largest absolute Gasteiger partial charge is 0.410 e. The third-order valence-corrected chi connectivity index (χ3v) is 2.69. The van der Waals surface area contributed by atoms with E-state index < -0.39 is 5.97 Å². The summed E-state index contributed by atoms with van der Waals surface area (Å²) in [6, 6.07) is 0. The summed E-state index contributed by atoms with van der Waals surface area (Å²) in [5, 5.41) is 0. The van der Waals surface area contributed by atoms with E-state index in [-0.39, 0.29) is 18.0 Å². The summed E-state index contributed by atoms with van der Waals surface area (Å²) in [4.78, 5) is 35.4. The van der Waals surface area contributed by atoms with E-state index in [0.717, 1.165) is 0 Å². The number of hydrogen-bond donors (Lipinski definition) is 0. The molecule has 0 aliphatic carbocycles. The van der Waals surface area contributed by atoms with Gasteiger partial charge < -0.3 is 4.74 Å². The average molecular weight is 290 g/mol. The summed E-state index contributed by atoms with van der Waals surface area (Å²) < 4.78 is 6.23. The second kappa shape index (κ2) is 7.28. The van der Waals surface area contributed by atoms with Crippen molar-refractivity contribution in [2.24, 2.45) is 9.98 Å². The quantitative estimate of drug-likeness (QED) is 0.472. The first-order valence-electron chi connectivity index (χ1n) is 6.26. The molecular formula is C14H18N4O3. The molecule has 0 atom stereocenters. The Bertz CT molecular complexity index is 671. The Kier molecular flexibility index (Phi) is 5.71. The topological polar surface area (TPSA) is 85.9 Å². The Hall–Kier alpha value is -2.57. The maximum absolute atomic E-state index is 12.5. The number of aryl methyl sites for hydroxylation is 1. The predicted molar refractivity (Wildman–Crippen MR) is 80.8 cm³/mol. The van der Waals surface area contributed by atoms with Crippen LogP contribution in [0.1, 0.15) is 25.1 Å². The average Bonchev–Trinajstić information content (AvgIpc) is 2.41. The highest BCUT2D eigenvalue weighted by Gasteiger charge is 2.13. The number of hydrogen-bond acceptors (Lipinski definition) is 6. The Morgan fingerprint density at radius 1 is 1.52 bits per heavy atom. The van der Waals surface area contributed by atoms with E-state index in [0.29, 0.717) is 17.0 Å². The van der Waals surface area contributed by atoms with Gasteiger partial charge in [-0.05, 0) is 13.8 Å². The lowest BCUT2D eigenvalue weighted by Gasteiger charge is -2.10. The van der Waals surface area contributed by atoms with E-state index in [4.69, 9.17) is 4.74 Å². The SMILES string of the molecule is C=CN=C(C)c1c(C)ncn(CC(=NC)OC(C)=O)c1=O. The summed E-state index contributed by atoms with van der Waals surface area (Å²) in [7, 11) is 1.48. The fraction of sp³-hybridized carbons (Fsp3) is 0.357. The van der Waals surface area contributed by atoms with Crippen molar-refractivity contribution in [1.29, 1.82) is 0 Å². The van der Waals surface area contributed by atoms with Crippen molar-refractivity contribution in [3.8, 4) is 0 Å². The molecule has 112 valence electrons. The summed E-state index contributed by atoms with van der Waals surface area (Å²) in [5.41, 5.74) is 1.22. The summed E-state index contributed by atoms with van der Waals surface area (Å²) in [5.74, 6) is -0.354. The zero-order valence-corrected chi connectivity index (χ0v) is 12.6. The standard InChI is InChI=1S/C14H18N4O3/c1-6-16-9(2)13-10(3)17-8-18(14(13)20)7-12(15-5)21-11(4)19/h6,8H,1,7H2,2-5H3. The van der Waals surface area contributed by atoms with Crippen LogP contribution in [0, 0.1) is 6.92 Å². The zero-order valence-electron chi connectivity index (χ0n) is 12.6. The molecule has 0 aliphatic heterocycles. The molecule has 0 aliphatic rings. The molecule has 21 heavy (non-hydrogen) atoms. The van der Waals surface area contributed by atoms with Crippen molar-refractivity contribution in [2.45, 2.75) is 27.3 Å². The first-order chi connectivity index (χ1) is 9.90. The first-order valence-corrected chi connectivity index (χ1v) is 6.26. The molecule has 0 unspecified atom stereocenters. The summed E-state index contributed by atoms with van der Waals surface area (Å²) >= 11 is 0. The van der Waals surface area contributed by atoms with Crippen LogP contribution in [0.25, 0.3) is 0 Å². The molecule has 7 nitrogen and oxygen atoms in total. The molecule has 0 radical (unpaired) electrons. The number of aliphatic imine (C=N–C) groups is 2. The summed E-state index contributed by atoms with van der Waals surface area (Å²) in [6.07, 6.45) is 2.75. The molecule has 0 fully saturated rings. The van der Waals surface area contributed by atoms with Gasteiger partial charge in [-0.3, -0.25) is 24.1 Å². The molecular weight excluding hydrogens is 272 g/mol. The lowest BCUT2D eigenvalue weighted by atomic mass is 10.1. The van der Waals surface area contributed by atoms with Crippen molar-refractivity contribution < 1.29 is 9.53 Å². The molecule has 0 aromatic carbocycles. The lowest BCUT2D eigenvalue weighted by Crippen LogP contribution is -2.31. The maximum Gasteiger partial charge on any atom is 0.309 e. The molecule has 1 heterocycles. The van der Waals surface area contributed by atoms with Crippen LogP contribution in [0.5, 0.6) is 0 Å². The highest BCUT2D eigenvalue weighted by molar-refractivity contribution is 5.99. The van der Waals surface area contributed by atoms with E-state index in [1.807, 2.05) is 0 Å². The van der Waals surface area contributed by atoms with E-state index in [2.05, 4.69) is 21.5 Å². The Morgan fingerprint density at radius 3 is 2.71 bits per heavy atom. The number of rotatable bonds is 4. The number of esters is 1. The molecule has 0 amide bonds. The zero-order chi connectivity index (χ0) is 16.0. The Morgan fingerprint density at radius 2 is 2.19 bits per heavy atom. The van der Waals surface area contributed by atoms with Crippen molar-refractivity contribution in [2.75, 3.05) is 7.05 Å². The van der Waals surface area contributed by atoms with E-state index in [1.165, 1.54) is 31.1 Å². The van der Waals surface area contributed by atoms with Crippen LogP contribution in [0.4, 0.5) is 0 Å². The molecule has 1 aromatic rings. The van der Waals surface area contributed by atoms with Crippen molar-refractivity contribution in [1.82, 2.24) is 9.55 Å². The van der Waals surface area contributed by atoms with Gasteiger partial charge in [0.15, 0.2) is 0 Å². The van der Waals surface area contributed by atoms with Gasteiger partial charge in [0, 0.05) is 20.2 Å². The Labute approximate surface area is 122 Å². The minimum atomic E-state index is -0.492. The van der Waals surface area contributed by atoms with E-state index in [1.54, 1.807) is 13.8 Å². The second-order valence-corrected chi connectivity index (χ2v) is 4.25. The van der Waals surface area contributed by atoms with Crippen LogP contribution >= 0.6 is 0 Å². The number of aromatic nitrogens is 2. The van der Waals surface area contributed by atoms with Gasteiger partial charge in [-0.2, -0.15) is 0 Å². The van der Waals surface area contributed by atoms with Gasteiger partial charge in [-0.1, -0.05) is 6.58 Å². The molecule has 0 saturated carbocycles. The van der Waals surface area contributed by atoms with Crippen molar-refractivity contribution >= 4 is 17.6 Å². The van der Waals surface area contributed by atoms with Gasteiger partial charge in [0.1, 0.15) is 6.54 Å². The molecule has 1 rings (SSSR count). The fourth-order valence-electron chi connectivity index (χ4n) is 1.76. The van der Waals surface area contributed by atoms with E-state index in [9.17, 15) is 9.59 Å². The molecule has 1 aromatic heterocycles. The van der Waals surface area contributed by atoms with Gasteiger partial charge in [-0.25, -0.2) is 4.98 Å². The van der Waals surface area contributed by atoms with Crippen LogP contribution in [0.2, 0.25) is 0 Å². The predicted octanol–water partition coefficient (Wildman–Crippen LogP) is 1.10. The van der Waals surface area contributed by atoms with Crippen LogP contribution in [0.15, 0.2) is 33.9 Å². The molecule has 0 bridgehead atoms. The van der Waals surface area contributed by atoms with Gasteiger partial charge >= 0.3 is 5.97 Å². The molecule has 0 spiro atoms. The lowest BCUT2D eigenvalue weighted by molar-refractivity contribution is -0.133. The van der Waals surface area contributed by atoms with Crippen LogP contribution in [-0.2, 0) is 16.1 Å². The number of carbonyl (C=O) groups excluding carboxylic acids is 1. The van der Waals surface area contributed by atoms with Gasteiger partial charge in [0.2, 0.25) is 5.90 Å². The maximum atomic E-state index is 12.5. The third-order valence-electron chi connectivity index (χ3n) is 2.69. The Balaban J connectivity index is 3.26. The normalized spacial score (nSPS) is 12.2. The third kappa shape index (κ3) is 4.20. The van der Waals surface area contributed by atoms with Crippen LogP contribution in [-0.4, -0.2) is 34.2 Å². The molecule has 0 saturated heterocycles. The van der Waals surface area contributed by atoms with Crippen molar-refractivity contribution in [3.63, 3.8) is 0 Å². The fourth-order valence-corrected chi connectivity index (χ4v) is 1.76.